The first-order chi connectivity index (χ1) is 8.20. The highest BCUT2D eigenvalue weighted by atomic mass is 19.1. The molecule has 0 aliphatic rings. The van der Waals surface area contributed by atoms with E-state index in [2.05, 4.69) is 17.3 Å². The fourth-order valence-electron chi connectivity index (χ4n) is 1.70. The number of nitrogens with one attached hydrogen (secondary N) is 1. The second-order valence-corrected chi connectivity index (χ2v) is 3.94. The number of aryl methyl sites for hydroxylation is 2. The van der Waals surface area contributed by atoms with Crippen molar-refractivity contribution in [3.8, 4) is 0 Å². The minimum absolute atomic E-state index is 0.231. The van der Waals surface area contributed by atoms with E-state index in [9.17, 15) is 4.39 Å². The Bertz CT molecular complexity index is 505. The van der Waals surface area contributed by atoms with Gasteiger partial charge in [-0.25, -0.2) is 4.39 Å². The molecule has 3 nitrogen and oxygen atoms in total. The first-order valence-electron chi connectivity index (χ1n) is 5.71. The summed E-state index contributed by atoms with van der Waals surface area (Å²) in [4.78, 5) is 0. The number of halogens is 1. The molecule has 0 atom stereocenters. The normalized spacial score (nSPS) is 10.5. The van der Waals surface area contributed by atoms with Crippen LogP contribution >= 0.6 is 0 Å². The van der Waals surface area contributed by atoms with E-state index in [1.807, 2.05) is 23.9 Å². The van der Waals surface area contributed by atoms with Crippen LogP contribution in [0.25, 0.3) is 0 Å². The monoisotopic (exact) mass is 233 g/mol. The van der Waals surface area contributed by atoms with Crippen LogP contribution < -0.4 is 5.32 Å². The molecule has 2 rings (SSSR count). The Hall–Kier alpha value is -1.84. The van der Waals surface area contributed by atoms with E-state index < -0.39 is 0 Å². The number of para-hydroxylation sites is 1. The van der Waals surface area contributed by atoms with Crippen LogP contribution in [-0.2, 0) is 20.0 Å². The van der Waals surface area contributed by atoms with E-state index in [0.717, 1.165) is 17.8 Å². The summed E-state index contributed by atoms with van der Waals surface area (Å²) in [5.41, 5.74) is 2.62. The summed E-state index contributed by atoms with van der Waals surface area (Å²) in [6, 6.07) is 8.70. The average Bonchev–Trinajstić information content (AvgIpc) is 2.69. The molecule has 1 heterocycles. The highest BCUT2D eigenvalue weighted by Crippen LogP contribution is 2.14. The molecule has 90 valence electrons. The summed E-state index contributed by atoms with van der Waals surface area (Å²) in [6.45, 7) is 2.64. The number of aromatic nitrogens is 2. The van der Waals surface area contributed by atoms with Crippen LogP contribution in [0.1, 0.15) is 18.3 Å². The third kappa shape index (κ3) is 2.64. The molecule has 1 aromatic carbocycles. The van der Waals surface area contributed by atoms with Gasteiger partial charge in [-0.05, 0) is 24.6 Å². The molecule has 0 aliphatic carbocycles. The zero-order valence-corrected chi connectivity index (χ0v) is 10.1. The van der Waals surface area contributed by atoms with Crippen LogP contribution in [0.5, 0.6) is 0 Å². The lowest BCUT2D eigenvalue weighted by Gasteiger charge is -2.07. The van der Waals surface area contributed by atoms with Crippen molar-refractivity contribution in [2.45, 2.75) is 19.9 Å². The second-order valence-electron chi connectivity index (χ2n) is 3.94. The molecule has 2 aromatic rings. The van der Waals surface area contributed by atoms with Gasteiger partial charge in [0.2, 0.25) is 0 Å². The molecule has 1 N–H and O–H groups in total. The summed E-state index contributed by atoms with van der Waals surface area (Å²) in [5, 5.41) is 7.42. The minimum Gasteiger partial charge on any atom is -0.377 e. The third-order valence-electron chi connectivity index (χ3n) is 2.72. The van der Waals surface area contributed by atoms with E-state index >= 15 is 0 Å². The Morgan fingerprint density at radius 1 is 1.35 bits per heavy atom. The molecule has 0 saturated heterocycles. The predicted octanol–water partition coefficient (Wildman–Crippen LogP) is 2.73. The van der Waals surface area contributed by atoms with Gasteiger partial charge in [0, 0.05) is 7.05 Å². The average molecular weight is 233 g/mol. The van der Waals surface area contributed by atoms with Gasteiger partial charge in [0.05, 0.1) is 23.6 Å². The van der Waals surface area contributed by atoms with E-state index in [1.165, 1.54) is 6.07 Å². The zero-order valence-electron chi connectivity index (χ0n) is 10.1. The number of rotatable bonds is 4. The molecule has 0 bridgehead atoms. The van der Waals surface area contributed by atoms with Crippen LogP contribution in [0.3, 0.4) is 0 Å². The summed E-state index contributed by atoms with van der Waals surface area (Å²) in [6.07, 6.45) is 0.910. The zero-order chi connectivity index (χ0) is 12.3. The molecule has 0 unspecified atom stereocenters. The topological polar surface area (TPSA) is 29.9 Å². The Balaban J connectivity index is 2.07. The van der Waals surface area contributed by atoms with Gasteiger partial charge in [-0.15, -0.1) is 0 Å². The molecule has 1 aromatic heterocycles. The van der Waals surface area contributed by atoms with Gasteiger partial charge >= 0.3 is 0 Å². The molecule has 4 heteroatoms. The SMILES string of the molecule is CCc1cc(CNc2ccccc2F)n(C)n1. The maximum Gasteiger partial charge on any atom is 0.146 e. The van der Waals surface area contributed by atoms with E-state index in [4.69, 9.17) is 0 Å². The number of nitrogens with zero attached hydrogens (tertiary/aromatic N) is 2. The fourth-order valence-corrected chi connectivity index (χ4v) is 1.70. The molecule has 0 amide bonds. The molecule has 0 spiro atoms. The maximum atomic E-state index is 13.4. The fraction of sp³-hybridized carbons (Fsp3) is 0.308. The molecule has 0 saturated carbocycles. The highest BCUT2D eigenvalue weighted by molar-refractivity contribution is 5.44. The molecular weight excluding hydrogens is 217 g/mol. The van der Waals surface area contributed by atoms with Crippen molar-refractivity contribution in [1.82, 2.24) is 9.78 Å². The van der Waals surface area contributed by atoms with Crippen LogP contribution in [0.4, 0.5) is 10.1 Å². The van der Waals surface area contributed by atoms with Gasteiger partial charge in [-0.3, -0.25) is 4.68 Å². The van der Waals surface area contributed by atoms with E-state index in [-0.39, 0.29) is 5.82 Å². The van der Waals surface area contributed by atoms with Crippen LogP contribution in [0, 0.1) is 5.82 Å². The van der Waals surface area contributed by atoms with Crippen molar-refractivity contribution in [3.63, 3.8) is 0 Å². The van der Waals surface area contributed by atoms with Crippen molar-refractivity contribution in [2.24, 2.45) is 7.05 Å². The first-order valence-corrected chi connectivity index (χ1v) is 5.71. The number of hydrogen-bond acceptors (Lipinski definition) is 2. The molecular formula is C13H16FN3. The smallest absolute Gasteiger partial charge is 0.146 e. The largest absolute Gasteiger partial charge is 0.377 e. The summed E-state index contributed by atoms with van der Waals surface area (Å²) in [5.74, 6) is -0.231. The van der Waals surface area contributed by atoms with Crippen LogP contribution in [0.15, 0.2) is 30.3 Å². The summed E-state index contributed by atoms with van der Waals surface area (Å²) in [7, 11) is 1.90. The van der Waals surface area contributed by atoms with Crippen molar-refractivity contribution in [2.75, 3.05) is 5.32 Å². The van der Waals surface area contributed by atoms with Crippen molar-refractivity contribution in [3.05, 3.63) is 47.5 Å². The first kappa shape index (κ1) is 11.6. The van der Waals surface area contributed by atoms with Crippen molar-refractivity contribution >= 4 is 5.69 Å². The number of benzene rings is 1. The second kappa shape index (κ2) is 4.99. The van der Waals surface area contributed by atoms with Crippen molar-refractivity contribution < 1.29 is 4.39 Å². The highest BCUT2D eigenvalue weighted by Gasteiger charge is 2.05. The molecule has 0 radical (unpaired) electrons. The van der Waals surface area contributed by atoms with Gasteiger partial charge in [0.15, 0.2) is 0 Å². The quantitative estimate of drug-likeness (QED) is 0.880. The molecule has 0 fully saturated rings. The minimum atomic E-state index is -0.231. The lowest BCUT2D eigenvalue weighted by Crippen LogP contribution is -2.06. The molecule has 17 heavy (non-hydrogen) atoms. The number of hydrogen-bond donors (Lipinski definition) is 1. The summed E-state index contributed by atoms with van der Waals surface area (Å²) < 4.78 is 15.2. The van der Waals surface area contributed by atoms with Gasteiger partial charge in [-0.1, -0.05) is 19.1 Å². The van der Waals surface area contributed by atoms with Gasteiger partial charge < -0.3 is 5.32 Å². The van der Waals surface area contributed by atoms with Crippen LogP contribution in [0.2, 0.25) is 0 Å². The van der Waals surface area contributed by atoms with Gasteiger partial charge in [0.25, 0.3) is 0 Å². The lowest BCUT2D eigenvalue weighted by molar-refractivity contribution is 0.629. The molecule has 0 aliphatic heterocycles. The van der Waals surface area contributed by atoms with E-state index in [1.54, 1.807) is 12.1 Å². The Kier molecular flexibility index (Phi) is 3.42. The Morgan fingerprint density at radius 3 is 2.76 bits per heavy atom. The van der Waals surface area contributed by atoms with Gasteiger partial charge in [-0.2, -0.15) is 5.10 Å². The van der Waals surface area contributed by atoms with Crippen molar-refractivity contribution in [1.29, 1.82) is 0 Å². The third-order valence-corrected chi connectivity index (χ3v) is 2.72. The van der Waals surface area contributed by atoms with Gasteiger partial charge in [0.1, 0.15) is 5.82 Å². The van der Waals surface area contributed by atoms with Crippen LogP contribution in [-0.4, -0.2) is 9.78 Å². The number of anilines is 1. The summed E-state index contributed by atoms with van der Waals surface area (Å²) >= 11 is 0. The predicted molar refractivity (Wildman–Crippen MR) is 66.3 cm³/mol. The standard InChI is InChI=1S/C13H16FN3/c1-3-10-8-11(17(2)16-10)9-15-13-7-5-4-6-12(13)14/h4-8,15H,3,9H2,1-2H3. The maximum absolute atomic E-state index is 13.4. The lowest BCUT2D eigenvalue weighted by atomic mass is 10.2. The van der Waals surface area contributed by atoms with E-state index in [0.29, 0.717) is 12.2 Å². The Morgan fingerprint density at radius 2 is 2.12 bits per heavy atom. The Labute approximate surface area is 100 Å².